The van der Waals surface area contributed by atoms with Gasteiger partial charge in [-0.15, -0.1) is 0 Å². The highest BCUT2D eigenvalue weighted by Crippen LogP contribution is 2.33. The van der Waals surface area contributed by atoms with E-state index in [2.05, 4.69) is 10.6 Å². The molecule has 0 saturated carbocycles. The molecule has 0 bridgehead atoms. The van der Waals surface area contributed by atoms with Crippen molar-refractivity contribution in [1.29, 1.82) is 0 Å². The maximum absolute atomic E-state index is 14.2. The van der Waals surface area contributed by atoms with E-state index < -0.39 is 46.8 Å². The zero-order valence-electron chi connectivity index (χ0n) is 23.9. The van der Waals surface area contributed by atoms with Gasteiger partial charge in [0.25, 0.3) is 11.8 Å². The third-order valence-electron chi connectivity index (χ3n) is 6.93. The van der Waals surface area contributed by atoms with E-state index in [1.165, 1.54) is 11.0 Å². The summed E-state index contributed by atoms with van der Waals surface area (Å²) in [5.74, 6) is -2.73. The number of piperidine rings is 1. The number of likely N-dealkylation sites (tertiary alicyclic amines) is 1. The molecule has 10 nitrogen and oxygen atoms in total. The lowest BCUT2D eigenvalue weighted by Crippen LogP contribution is -2.55. The summed E-state index contributed by atoms with van der Waals surface area (Å²) in [5.41, 5.74) is 7.42. The molecule has 0 aromatic heterocycles. The number of rotatable bonds is 10. The van der Waals surface area contributed by atoms with Crippen molar-refractivity contribution in [1.82, 2.24) is 16.0 Å². The molecule has 1 radical (unpaired) electrons. The molecule has 1 unspecified atom stereocenters. The van der Waals surface area contributed by atoms with Gasteiger partial charge in [0.1, 0.15) is 12.4 Å². The minimum absolute atomic E-state index is 0.0622. The first-order valence-corrected chi connectivity index (χ1v) is 13.6. The highest BCUT2D eigenvalue weighted by atomic mass is 19.1. The maximum atomic E-state index is 14.2. The van der Waals surface area contributed by atoms with Crippen molar-refractivity contribution in [2.24, 2.45) is 5.41 Å². The van der Waals surface area contributed by atoms with Crippen LogP contribution in [0.2, 0.25) is 0 Å². The molecule has 4 amide bonds. The molecule has 41 heavy (non-hydrogen) atoms. The van der Waals surface area contributed by atoms with Crippen LogP contribution in [0.1, 0.15) is 51.7 Å². The van der Waals surface area contributed by atoms with Crippen LogP contribution >= 0.6 is 0 Å². The fourth-order valence-corrected chi connectivity index (χ4v) is 4.51. The van der Waals surface area contributed by atoms with Crippen LogP contribution in [-0.4, -0.2) is 60.1 Å². The minimum Gasteiger partial charge on any atom is -0.448 e. The Bertz CT molecular complexity index is 1240. The summed E-state index contributed by atoms with van der Waals surface area (Å²) in [7, 11) is 0. The summed E-state index contributed by atoms with van der Waals surface area (Å²) in [6, 6.07) is 13.4. The summed E-state index contributed by atoms with van der Waals surface area (Å²) in [6.07, 6.45) is -1.26. The average Bonchev–Trinajstić information content (AvgIpc) is 2.94. The molecule has 1 fully saturated rings. The number of benzene rings is 2. The Balaban J connectivity index is 1.72. The van der Waals surface area contributed by atoms with Gasteiger partial charge in [0, 0.05) is 30.9 Å². The van der Waals surface area contributed by atoms with Crippen molar-refractivity contribution in [3.05, 3.63) is 65.5 Å². The Labute approximate surface area is 239 Å². The quantitative estimate of drug-likeness (QED) is 0.417. The molecule has 3 N–H and O–H groups in total. The molecule has 0 spiro atoms. The molecule has 2 aromatic carbocycles. The SMILES string of the molecule is CCc1ccc(NC(=O)OCC2(C(=O)NCc3ccccc3F)CCN(C(=O)C(OC(C)(C)C)C([NH])=O)CC2)cc1. The molecule has 0 aliphatic carbocycles. The van der Waals surface area contributed by atoms with Crippen LogP contribution in [0.4, 0.5) is 14.9 Å². The van der Waals surface area contributed by atoms with E-state index in [0.29, 0.717) is 11.3 Å². The van der Waals surface area contributed by atoms with Gasteiger partial charge in [-0.25, -0.2) is 9.18 Å². The lowest BCUT2D eigenvalue weighted by Gasteiger charge is -2.41. The van der Waals surface area contributed by atoms with Gasteiger partial charge in [0.2, 0.25) is 12.0 Å². The fourth-order valence-electron chi connectivity index (χ4n) is 4.51. The second-order valence-corrected chi connectivity index (χ2v) is 11.1. The molecule has 1 aliphatic heterocycles. The van der Waals surface area contributed by atoms with Crippen LogP contribution in [-0.2, 0) is 36.8 Å². The monoisotopic (exact) mass is 569 g/mol. The first-order chi connectivity index (χ1) is 19.3. The van der Waals surface area contributed by atoms with Gasteiger partial charge in [0.05, 0.1) is 11.0 Å². The van der Waals surface area contributed by atoms with Crippen molar-refractivity contribution in [2.75, 3.05) is 25.0 Å². The number of hydrogen-bond acceptors (Lipinski definition) is 6. The number of nitrogens with zero attached hydrogens (tertiary/aromatic N) is 1. The van der Waals surface area contributed by atoms with E-state index in [4.69, 9.17) is 15.2 Å². The Kier molecular flexibility index (Phi) is 10.4. The van der Waals surface area contributed by atoms with E-state index in [9.17, 15) is 23.6 Å². The highest BCUT2D eigenvalue weighted by molar-refractivity contribution is 6.02. The van der Waals surface area contributed by atoms with Gasteiger partial charge in [-0.3, -0.25) is 25.4 Å². The van der Waals surface area contributed by atoms with E-state index in [1.807, 2.05) is 19.1 Å². The smallest absolute Gasteiger partial charge is 0.411 e. The third kappa shape index (κ3) is 8.75. The maximum Gasteiger partial charge on any atom is 0.411 e. The molecule has 1 saturated heterocycles. The van der Waals surface area contributed by atoms with Gasteiger partial charge in [-0.2, -0.15) is 0 Å². The molecule has 1 atom stereocenters. The van der Waals surface area contributed by atoms with Crippen LogP contribution in [0.3, 0.4) is 0 Å². The van der Waals surface area contributed by atoms with Crippen molar-refractivity contribution >= 4 is 29.5 Å². The number of hydrogen-bond donors (Lipinski definition) is 2. The summed E-state index contributed by atoms with van der Waals surface area (Å²) >= 11 is 0. The molecular formula is C30H38FN4O6. The number of amides is 4. The zero-order valence-corrected chi connectivity index (χ0v) is 23.9. The normalized spacial score (nSPS) is 15.5. The van der Waals surface area contributed by atoms with E-state index in [1.54, 1.807) is 51.1 Å². The summed E-state index contributed by atoms with van der Waals surface area (Å²) in [5, 5.41) is 5.40. The molecule has 1 aliphatic rings. The largest absolute Gasteiger partial charge is 0.448 e. The zero-order chi connectivity index (χ0) is 30.2. The molecule has 11 heteroatoms. The summed E-state index contributed by atoms with van der Waals surface area (Å²) < 4.78 is 25.2. The van der Waals surface area contributed by atoms with Crippen LogP contribution < -0.4 is 16.4 Å². The number of anilines is 1. The summed E-state index contributed by atoms with van der Waals surface area (Å²) in [6.45, 7) is 6.83. The van der Waals surface area contributed by atoms with E-state index in [0.717, 1.165) is 12.0 Å². The number of nitrogens with one attached hydrogen (secondary N) is 3. The first-order valence-electron chi connectivity index (χ1n) is 13.6. The number of carbonyl (C=O) groups is 4. The van der Waals surface area contributed by atoms with Gasteiger partial charge in [-0.1, -0.05) is 37.3 Å². The average molecular weight is 570 g/mol. The molecule has 3 rings (SSSR count). The molecule has 1 heterocycles. The lowest BCUT2D eigenvalue weighted by molar-refractivity contribution is -0.164. The Morgan fingerprint density at radius 2 is 1.68 bits per heavy atom. The van der Waals surface area contributed by atoms with Crippen molar-refractivity contribution < 1.29 is 33.0 Å². The number of halogens is 1. The van der Waals surface area contributed by atoms with E-state index >= 15 is 0 Å². The molecule has 221 valence electrons. The lowest BCUT2D eigenvalue weighted by atomic mass is 9.78. The first kappa shape index (κ1) is 31.5. The fraction of sp³-hybridized carbons (Fsp3) is 0.467. The van der Waals surface area contributed by atoms with Crippen LogP contribution in [0.5, 0.6) is 0 Å². The Hall–Kier alpha value is -3.99. The topological polar surface area (TPSA) is 138 Å². The number of aryl methyl sites for hydroxylation is 1. The van der Waals surface area contributed by atoms with E-state index in [-0.39, 0.29) is 39.1 Å². The molecule has 2 aromatic rings. The predicted octanol–water partition coefficient (Wildman–Crippen LogP) is 3.86. The van der Waals surface area contributed by atoms with Gasteiger partial charge >= 0.3 is 6.09 Å². The van der Waals surface area contributed by atoms with Gasteiger partial charge in [-0.05, 0) is 63.8 Å². The Morgan fingerprint density at radius 3 is 2.24 bits per heavy atom. The van der Waals surface area contributed by atoms with Gasteiger partial charge < -0.3 is 19.7 Å². The van der Waals surface area contributed by atoms with Crippen LogP contribution in [0.15, 0.2) is 48.5 Å². The van der Waals surface area contributed by atoms with Gasteiger partial charge in [0.15, 0.2) is 0 Å². The van der Waals surface area contributed by atoms with Crippen LogP contribution in [0, 0.1) is 11.2 Å². The minimum atomic E-state index is -1.58. The number of carbonyl (C=O) groups excluding carboxylic acids is 4. The highest BCUT2D eigenvalue weighted by Gasteiger charge is 2.45. The van der Waals surface area contributed by atoms with Crippen LogP contribution in [0.25, 0.3) is 0 Å². The summed E-state index contributed by atoms with van der Waals surface area (Å²) in [4.78, 5) is 52.5. The Morgan fingerprint density at radius 1 is 1.05 bits per heavy atom. The van der Waals surface area contributed by atoms with Crippen molar-refractivity contribution in [3.8, 4) is 0 Å². The van der Waals surface area contributed by atoms with Crippen molar-refractivity contribution in [2.45, 2.75) is 65.2 Å². The second kappa shape index (κ2) is 13.6. The molecular weight excluding hydrogens is 531 g/mol. The van der Waals surface area contributed by atoms with Crippen molar-refractivity contribution in [3.63, 3.8) is 0 Å². The second-order valence-electron chi connectivity index (χ2n) is 11.1. The standard InChI is InChI=1S/C30H38FN4O6/c1-5-20-10-12-22(13-11-20)34-28(39)40-19-30(27(38)33-18-21-8-6-7-9-23(21)31)14-16-35(17-15-30)26(37)24(25(32)36)41-29(2,3)4/h6-13,24,32H,5,14-19H2,1-4H3,(H,33,38)(H,34,39). The number of ether oxygens (including phenoxy) is 2. The third-order valence-corrected chi connectivity index (χ3v) is 6.93. The predicted molar refractivity (Wildman–Crippen MR) is 150 cm³/mol.